The highest BCUT2D eigenvalue weighted by Crippen LogP contribution is 2.33. The van der Waals surface area contributed by atoms with Crippen molar-refractivity contribution in [3.05, 3.63) is 69.3 Å². The fourth-order valence-corrected chi connectivity index (χ4v) is 3.95. The summed E-state index contributed by atoms with van der Waals surface area (Å²) >= 11 is 0. The molecule has 0 aliphatic heterocycles. The number of nitriles is 1. The topological polar surface area (TPSA) is 23.8 Å². The van der Waals surface area contributed by atoms with E-state index < -0.39 is 28.8 Å². The van der Waals surface area contributed by atoms with Crippen LogP contribution in [0.25, 0.3) is 0 Å². The van der Waals surface area contributed by atoms with Crippen molar-refractivity contribution in [1.82, 2.24) is 0 Å². The minimum absolute atomic E-state index is 0.0813. The molecule has 0 saturated carbocycles. The van der Waals surface area contributed by atoms with Crippen molar-refractivity contribution in [2.45, 2.75) is 51.9 Å². The molecular formula is C22H21F4N. The van der Waals surface area contributed by atoms with Crippen molar-refractivity contribution in [3.8, 4) is 6.07 Å². The van der Waals surface area contributed by atoms with E-state index in [0.717, 1.165) is 6.42 Å². The lowest BCUT2D eigenvalue weighted by Gasteiger charge is -2.25. The summed E-state index contributed by atoms with van der Waals surface area (Å²) in [5.41, 5.74) is 1.15. The third-order valence-corrected chi connectivity index (χ3v) is 5.38. The van der Waals surface area contributed by atoms with Gasteiger partial charge < -0.3 is 0 Å². The van der Waals surface area contributed by atoms with E-state index in [4.69, 9.17) is 5.26 Å². The highest BCUT2D eigenvalue weighted by atomic mass is 19.1. The zero-order valence-corrected chi connectivity index (χ0v) is 15.2. The summed E-state index contributed by atoms with van der Waals surface area (Å²) in [4.78, 5) is 0. The Hall–Kier alpha value is -2.35. The number of hydrogen-bond donors (Lipinski definition) is 0. The molecular weight excluding hydrogens is 354 g/mol. The van der Waals surface area contributed by atoms with Gasteiger partial charge in [-0.25, -0.2) is 17.6 Å². The maximum Gasteiger partial charge on any atom is 0.147 e. The first-order valence-corrected chi connectivity index (χ1v) is 9.31. The van der Waals surface area contributed by atoms with Crippen molar-refractivity contribution in [3.63, 3.8) is 0 Å². The molecule has 2 aromatic rings. The van der Waals surface area contributed by atoms with E-state index >= 15 is 0 Å². The first-order valence-electron chi connectivity index (χ1n) is 9.31. The Labute approximate surface area is 156 Å². The van der Waals surface area contributed by atoms with Crippen LogP contribution >= 0.6 is 0 Å². The number of nitrogens with zero attached hydrogens (tertiary/aromatic N) is 1. The predicted octanol–water partition coefficient (Wildman–Crippen LogP) is 5.80. The van der Waals surface area contributed by atoms with Gasteiger partial charge in [0.25, 0.3) is 0 Å². The van der Waals surface area contributed by atoms with Crippen LogP contribution in [0.4, 0.5) is 17.6 Å². The highest BCUT2D eigenvalue weighted by molar-refractivity contribution is 5.42. The van der Waals surface area contributed by atoms with E-state index in [1.54, 1.807) is 6.07 Å². The summed E-state index contributed by atoms with van der Waals surface area (Å²) in [5.74, 6) is -2.57. The van der Waals surface area contributed by atoms with E-state index in [-0.39, 0.29) is 17.9 Å². The third-order valence-electron chi connectivity index (χ3n) is 5.38. The zero-order chi connectivity index (χ0) is 19.6. The van der Waals surface area contributed by atoms with Crippen molar-refractivity contribution in [2.24, 2.45) is 5.92 Å². The normalized spacial score (nSPS) is 16.1. The molecule has 142 valence electrons. The lowest BCUT2D eigenvalue weighted by molar-refractivity contribution is 0.408. The first-order chi connectivity index (χ1) is 12.9. The Bertz CT molecular complexity index is 875. The molecule has 27 heavy (non-hydrogen) atoms. The Morgan fingerprint density at radius 1 is 1.04 bits per heavy atom. The number of aryl methyl sites for hydroxylation is 1. The molecule has 1 unspecified atom stereocenters. The van der Waals surface area contributed by atoms with Gasteiger partial charge in [-0.2, -0.15) is 5.26 Å². The molecule has 0 radical (unpaired) electrons. The maximum atomic E-state index is 14.2. The minimum Gasteiger partial charge on any atom is -0.207 e. The summed E-state index contributed by atoms with van der Waals surface area (Å²) in [6.07, 6.45) is 3.76. The second-order valence-electron chi connectivity index (χ2n) is 7.23. The predicted molar refractivity (Wildman–Crippen MR) is 95.3 cm³/mol. The summed E-state index contributed by atoms with van der Waals surface area (Å²) in [6.45, 7) is 1.95. The summed E-state index contributed by atoms with van der Waals surface area (Å²) < 4.78 is 56.6. The van der Waals surface area contributed by atoms with Gasteiger partial charge in [0.2, 0.25) is 0 Å². The first kappa shape index (κ1) is 19.4. The second kappa shape index (κ2) is 8.12. The Morgan fingerprint density at radius 2 is 1.74 bits per heavy atom. The highest BCUT2D eigenvalue weighted by Gasteiger charge is 2.25. The van der Waals surface area contributed by atoms with Gasteiger partial charge in [-0.05, 0) is 79.3 Å². The van der Waals surface area contributed by atoms with E-state index in [0.29, 0.717) is 48.8 Å². The molecule has 1 atom stereocenters. The fraction of sp³-hybridized carbons (Fsp3) is 0.409. The average molecular weight is 375 g/mol. The van der Waals surface area contributed by atoms with Crippen LogP contribution in [0, 0.1) is 40.5 Å². The molecule has 5 heteroatoms. The summed E-state index contributed by atoms with van der Waals surface area (Å²) in [6, 6.07) is 5.58. The van der Waals surface area contributed by atoms with E-state index in [1.165, 1.54) is 18.2 Å². The maximum absolute atomic E-state index is 14.2. The van der Waals surface area contributed by atoms with E-state index in [2.05, 4.69) is 0 Å². The van der Waals surface area contributed by atoms with Crippen LogP contribution in [0.1, 0.15) is 54.0 Å². The smallest absolute Gasteiger partial charge is 0.147 e. The van der Waals surface area contributed by atoms with Gasteiger partial charge in [0.15, 0.2) is 0 Å². The molecule has 1 nitrogen and oxygen atoms in total. The van der Waals surface area contributed by atoms with Crippen LogP contribution in [-0.2, 0) is 25.7 Å². The van der Waals surface area contributed by atoms with Gasteiger partial charge in [0, 0.05) is 5.56 Å². The third kappa shape index (κ3) is 4.00. The minimum atomic E-state index is -0.849. The van der Waals surface area contributed by atoms with Crippen molar-refractivity contribution >= 4 is 0 Å². The van der Waals surface area contributed by atoms with Crippen molar-refractivity contribution < 1.29 is 17.6 Å². The SMILES string of the molecule is CCCc1cc(F)c(CCC2CCc3c(cc(F)c(C#N)c3F)C2)c(F)c1. The van der Waals surface area contributed by atoms with Gasteiger partial charge in [0.05, 0.1) is 0 Å². The molecule has 0 N–H and O–H groups in total. The number of fused-ring (bicyclic) bond motifs is 1. The van der Waals surface area contributed by atoms with Gasteiger partial charge in [-0.3, -0.25) is 0 Å². The van der Waals surface area contributed by atoms with Crippen molar-refractivity contribution in [1.29, 1.82) is 5.26 Å². The Kier molecular flexibility index (Phi) is 5.84. The molecule has 0 saturated heterocycles. The molecule has 0 amide bonds. The van der Waals surface area contributed by atoms with Gasteiger partial charge in [-0.1, -0.05) is 13.3 Å². The van der Waals surface area contributed by atoms with Gasteiger partial charge in [-0.15, -0.1) is 0 Å². The average Bonchev–Trinajstić information content (AvgIpc) is 2.61. The molecule has 0 aromatic heterocycles. The molecule has 0 spiro atoms. The van der Waals surface area contributed by atoms with Crippen molar-refractivity contribution in [2.75, 3.05) is 0 Å². The molecule has 0 fully saturated rings. The van der Waals surface area contributed by atoms with Crippen LogP contribution in [0.2, 0.25) is 0 Å². The Balaban J connectivity index is 1.72. The Morgan fingerprint density at radius 3 is 2.37 bits per heavy atom. The molecule has 1 aliphatic carbocycles. The lowest BCUT2D eigenvalue weighted by Crippen LogP contribution is -2.18. The zero-order valence-electron chi connectivity index (χ0n) is 15.2. The molecule has 1 aliphatic rings. The number of benzene rings is 2. The van der Waals surface area contributed by atoms with Gasteiger partial charge in [0.1, 0.15) is 34.9 Å². The molecule has 2 aromatic carbocycles. The fourth-order valence-electron chi connectivity index (χ4n) is 3.95. The van der Waals surface area contributed by atoms with E-state index in [9.17, 15) is 17.6 Å². The number of halogens is 4. The van der Waals surface area contributed by atoms with Crippen LogP contribution in [0.3, 0.4) is 0 Å². The van der Waals surface area contributed by atoms with Gasteiger partial charge >= 0.3 is 0 Å². The molecule has 0 heterocycles. The number of hydrogen-bond acceptors (Lipinski definition) is 1. The standard InChI is InChI=1S/C22H21F4N/c1-2-3-14-9-19(23)17(20(24)10-14)7-5-13-4-6-16-15(8-13)11-21(25)18(12-27)22(16)26/h9-11,13H,2-8H2,1H3. The molecule has 3 rings (SSSR count). The molecule has 0 bridgehead atoms. The van der Waals surface area contributed by atoms with E-state index in [1.807, 2.05) is 6.92 Å². The summed E-state index contributed by atoms with van der Waals surface area (Å²) in [7, 11) is 0. The summed E-state index contributed by atoms with van der Waals surface area (Å²) in [5, 5.41) is 8.87. The quantitative estimate of drug-likeness (QED) is 0.606. The number of rotatable bonds is 5. The van der Waals surface area contributed by atoms with Crippen LogP contribution < -0.4 is 0 Å². The monoisotopic (exact) mass is 375 g/mol. The lowest BCUT2D eigenvalue weighted by atomic mass is 9.80. The van der Waals surface area contributed by atoms with Crippen LogP contribution in [-0.4, -0.2) is 0 Å². The largest absolute Gasteiger partial charge is 0.207 e. The van der Waals surface area contributed by atoms with Crippen LogP contribution in [0.5, 0.6) is 0 Å². The van der Waals surface area contributed by atoms with Crippen LogP contribution in [0.15, 0.2) is 18.2 Å². The second-order valence-corrected chi connectivity index (χ2v) is 7.23.